The van der Waals surface area contributed by atoms with Gasteiger partial charge in [0.25, 0.3) is 10.0 Å². The Morgan fingerprint density at radius 2 is 1.68 bits per heavy atom. The molecule has 2 aliphatic rings. The fourth-order valence-corrected chi connectivity index (χ4v) is 6.06. The number of anilines is 2. The Hall–Kier alpha value is -2.55. The first kappa shape index (κ1) is 21.7. The van der Waals surface area contributed by atoms with Gasteiger partial charge in [-0.15, -0.1) is 0 Å². The van der Waals surface area contributed by atoms with Crippen LogP contribution in [0.25, 0.3) is 0 Å². The summed E-state index contributed by atoms with van der Waals surface area (Å²) in [7, 11) is -4.07. The number of allylic oxidation sites excluding steroid dienone is 2. The van der Waals surface area contributed by atoms with Crippen molar-refractivity contribution >= 4 is 56.5 Å². The van der Waals surface area contributed by atoms with Crippen molar-refractivity contribution in [2.45, 2.75) is 11.3 Å². The third kappa shape index (κ3) is 4.28. The standard InChI is InChI=1S/C21H18Cl2N2O5S/c22-13-2-1-3-15(9-13)25-31(29,30)17-10-14(6-7-16(17)23)24-20(26)18-11-4-5-12(8-11)19(18)21(27)28/h1-7,9-12,18-19,25H,8H2,(H,24,26)(H,27,28). The molecule has 7 nitrogen and oxygen atoms in total. The van der Waals surface area contributed by atoms with Gasteiger partial charge in [0.15, 0.2) is 0 Å². The summed E-state index contributed by atoms with van der Waals surface area (Å²) in [5.74, 6) is -3.30. The van der Waals surface area contributed by atoms with Gasteiger partial charge < -0.3 is 10.4 Å². The second kappa shape index (κ2) is 8.18. The molecule has 10 heteroatoms. The van der Waals surface area contributed by atoms with Crippen LogP contribution in [0, 0.1) is 23.7 Å². The summed E-state index contributed by atoms with van der Waals surface area (Å²) in [6, 6.07) is 10.3. The SMILES string of the molecule is O=C(O)C1C2C=CC(C2)C1C(=O)Nc1ccc(Cl)c(S(=O)(=O)Nc2cccc(Cl)c2)c1. The number of rotatable bonds is 6. The number of aliphatic carboxylic acids is 1. The van der Waals surface area contributed by atoms with Gasteiger partial charge in [-0.25, -0.2) is 8.42 Å². The smallest absolute Gasteiger partial charge is 0.307 e. The lowest BCUT2D eigenvalue weighted by atomic mass is 9.82. The largest absolute Gasteiger partial charge is 0.481 e. The fraction of sp³-hybridized carbons (Fsp3) is 0.238. The number of carboxylic acid groups (broad SMARTS) is 1. The van der Waals surface area contributed by atoms with E-state index in [0.29, 0.717) is 11.4 Å². The minimum absolute atomic E-state index is 0.0289. The molecule has 0 heterocycles. The third-order valence-electron chi connectivity index (χ3n) is 5.61. The number of halogens is 2. The summed E-state index contributed by atoms with van der Waals surface area (Å²) in [6.07, 6.45) is 4.35. The van der Waals surface area contributed by atoms with Crippen molar-refractivity contribution in [1.29, 1.82) is 0 Å². The molecule has 0 aliphatic heterocycles. The molecule has 2 bridgehead atoms. The first-order valence-electron chi connectivity index (χ1n) is 9.45. The molecular formula is C21H18Cl2N2O5S. The van der Waals surface area contributed by atoms with E-state index in [2.05, 4.69) is 10.0 Å². The summed E-state index contributed by atoms with van der Waals surface area (Å²) in [5.41, 5.74) is 0.466. The molecule has 4 unspecified atom stereocenters. The molecule has 2 aromatic carbocycles. The van der Waals surface area contributed by atoms with Crippen molar-refractivity contribution < 1.29 is 23.1 Å². The monoisotopic (exact) mass is 480 g/mol. The molecule has 0 saturated heterocycles. The van der Waals surface area contributed by atoms with Crippen LogP contribution < -0.4 is 10.0 Å². The van der Waals surface area contributed by atoms with Crippen LogP contribution in [-0.2, 0) is 19.6 Å². The number of nitrogens with one attached hydrogen (secondary N) is 2. The molecule has 2 aliphatic carbocycles. The highest BCUT2D eigenvalue weighted by atomic mass is 35.5. The van der Waals surface area contributed by atoms with Gasteiger partial charge in [0.05, 0.1) is 22.5 Å². The Balaban J connectivity index is 1.57. The average molecular weight is 481 g/mol. The normalized spacial score (nSPS) is 24.2. The molecule has 0 aromatic heterocycles. The Morgan fingerprint density at radius 3 is 2.35 bits per heavy atom. The Bertz CT molecular complexity index is 1200. The van der Waals surface area contributed by atoms with Crippen molar-refractivity contribution in [2.75, 3.05) is 10.0 Å². The minimum Gasteiger partial charge on any atom is -0.481 e. The zero-order valence-corrected chi connectivity index (χ0v) is 18.3. The first-order chi connectivity index (χ1) is 14.7. The summed E-state index contributed by atoms with van der Waals surface area (Å²) < 4.78 is 28.1. The third-order valence-corrected chi connectivity index (χ3v) is 7.71. The Morgan fingerprint density at radius 1 is 0.968 bits per heavy atom. The molecule has 31 heavy (non-hydrogen) atoms. The lowest BCUT2D eigenvalue weighted by Gasteiger charge is -2.24. The molecule has 0 spiro atoms. The number of carbonyl (C=O) groups is 2. The maximum absolute atomic E-state index is 12.9. The van der Waals surface area contributed by atoms with Crippen molar-refractivity contribution in [2.24, 2.45) is 23.7 Å². The Kier molecular flexibility index (Phi) is 5.72. The van der Waals surface area contributed by atoms with Crippen LogP contribution >= 0.6 is 23.2 Å². The summed E-state index contributed by atoms with van der Waals surface area (Å²) >= 11 is 12.0. The van der Waals surface area contributed by atoms with E-state index in [-0.39, 0.29) is 33.1 Å². The molecule has 1 amide bonds. The van der Waals surface area contributed by atoms with Crippen LogP contribution in [0.4, 0.5) is 11.4 Å². The summed E-state index contributed by atoms with van der Waals surface area (Å²) in [4.78, 5) is 24.3. The van der Waals surface area contributed by atoms with Crippen LogP contribution in [0.1, 0.15) is 6.42 Å². The van der Waals surface area contributed by atoms with Gasteiger partial charge in [-0.05, 0) is 54.7 Å². The summed E-state index contributed by atoms with van der Waals surface area (Å²) in [5, 5.41) is 12.5. The minimum atomic E-state index is -4.07. The van der Waals surface area contributed by atoms with Gasteiger partial charge >= 0.3 is 5.97 Å². The number of sulfonamides is 1. The van der Waals surface area contributed by atoms with Gasteiger partial charge in [0, 0.05) is 10.7 Å². The van der Waals surface area contributed by atoms with Crippen LogP contribution in [0.2, 0.25) is 10.0 Å². The van der Waals surface area contributed by atoms with E-state index >= 15 is 0 Å². The van der Waals surface area contributed by atoms with Crippen molar-refractivity contribution in [3.63, 3.8) is 0 Å². The average Bonchev–Trinajstić information content (AvgIpc) is 3.30. The van der Waals surface area contributed by atoms with Crippen molar-refractivity contribution in [1.82, 2.24) is 0 Å². The van der Waals surface area contributed by atoms with E-state index in [1.54, 1.807) is 12.1 Å². The number of amides is 1. The lowest BCUT2D eigenvalue weighted by Crippen LogP contribution is -2.36. The molecule has 4 rings (SSSR count). The molecular weight excluding hydrogens is 463 g/mol. The van der Waals surface area contributed by atoms with E-state index in [0.717, 1.165) is 0 Å². The van der Waals surface area contributed by atoms with E-state index < -0.39 is 33.7 Å². The van der Waals surface area contributed by atoms with Gasteiger partial charge in [-0.2, -0.15) is 0 Å². The molecule has 2 aromatic rings. The molecule has 3 N–H and O–H groups in total. The quantitative estimate of drug-likeness (QED) is 0.534. The second-order valence-corrected chi connectivity index (χ2v) is 10.1. The van der Waals surface area contributed by atoms with Crippen molar-refractivity contribution in [3.8, 4) is 0 Å². The predicted octanol–water partition coefficient (Wildman–Crippen LogP) is 4.26. The number of benzene rings is 2. The van der Waals surface area contributed by atoms with Crippen LogP contribution in [0.5, 0.6) is 0 Å². The predicted molar refractivity (Wildman–Crippen MR) is 118 cm³/mol. The van der Waals surface area contributed by atoms with Crippen molar-refractivity contribution in [3.05, 3.63) is 64.7 Å². The maximum Gasteiger partial charge on any atom is 0.307 e. The zero-order chi connectivity index (χ0) is 22.3. The molecule has 0 radical (unpaired) electrons. The lowest BCUT2D eigenvalue weighted by molar-refractivity contribution is -0.146. The molecule has 1 saturated carbocycles. The van der Waals surface area contributed by atoms with E-state index in [9.17, 15) is 23.1 Å². The highest BCUT2D eigenvalue weighted by Gasteiger charge is 2.51. The number of hydrogen-bond donors (Lipinski definition) is 3. The molecule has 4 atom stereocenters. The van der Waals surface area contributed by atoms with Crippen LogP contribution in [0.3, 0.4) is 0 Å². The van der Waals surface area contributed by atoms with E-state index in [1.807, 2.05) is 12.2 Å². The van der Waals surface area contributed by atoms with Gasteiger partial charge in [0.1, 0.15) is 4.90 Å². The second-order valence-electron chi connectivity index (χ2n) is 7.59. The van der Waals surface area contributed by atoms with Gasteiger partial charge in [-0.1, -0.05) is 41.4 Å². The summed E-state index contributed by atoms with van der Waals surface area (Å²) in [6.45, 7) is 0. The number of carbonyl (C=O) groups excluding carboxylic acids is 1. The fourth-order valence-electron chi connectivity index (χ4n) is 4.29. The van der Waals surface area contributed by atoms with Gasteiger partial charge in [-0.3, -0.25) is 14.3 Å². The number of carboxylic acids is 1. The molecule has 162 valence electrons. The number of hydrogen-bond acceptors (Lipinski definition) is 4. The first-order valence-corrected chi connectivity index (χ1v) is 11.7. The highest BCUT2D eigenvalue weighted by molar-refractivity contribution is 7.92. The van der Waals surface area contributed by atoms with E-state index in [4.69, 9.17) is 23.2 Å². The number of fused-ring (bicyclic) bond motifs is 2. The zero-order valence-electron chi connectivity index (χ0n) is 16.0. The Labute approximate surface area is 189 Å². The highest BCUT2D eigenvalue weighted by Crippen LogP contribution is 2.48. The van der Waals surface area contributed by atoms with Crippen LogP contribution in [0.15, 0.2) is 59.5 Å². The topological polar surface area (TPSA) is 113 Å². The van der Waals surface area contributed by atoms with Gasteiger partial charge in [0.2, 0.25) is 5.91 Å². The van der Waals surface area contributed by atoms with Crippen LogP contribution in [-0.4, -0.2) is 25.4 Å². The van der Waals surface area contributed by atoms with E-state index in [1.165, 1.54) is 30.3 Å². The molecule has 1 fully saturated rings. The maximum atomic E-state index is 12.9.